The second-order valence-electron chi connectivity index (χ2n) is 7.87. The van der Waals surface area contributed by atoms with Gasteiger partial charge in [0.1, 0.15) is 18.0 Å². The van der Waals surface area contributed by atoms with Crippen molar-refractivity contribution in [3.63, 3.8) is 0 Å². The Hall–Kier alpha value is -3.56. The second kappa shape index (κ2) is 10.2. The highest BCUT2D eigenvalue weighted by molar-refractivity contribution is 7.98. The number of pyridine rings is 1. The van der Waals surface area contributed by atoms with Gasteiger partial charge in [-0.1, -0.05) is 24.3 Å². The minimum absolute atomic E-state index is 0.247. The zero-order chi connectivity index (χ0) is 25.1. The van der Waals surface area contributed by atoms with Crippen molar-refractivity contribution in [3.8, 4) is 33.1 Å². The van der Waals surface area contributed by atoms with Crippen LogP contribution in [0, 0.1) is 0 Å². The Morgan fingerprint density at radius 3 is 2.53 bits per heavy atom. The Morgan fingerprint density at radius 2 is 1.75 bits per heavy atom. The van der Waals surface area contributed by atoms with Crippen LogP contribution in [0.2, 0.25) is 0 Å². The van der Waals surface area contributed by atoms with Gasteiger partial charge in [0.25, 0.3) is 0 Å². The van der Waals surface area contributed by atoms with E-state index in [-0.39, 0.29) is 6.61 Å². The summed E-state index contributed by atoms with van der Waals surface area (Å²) in [5.74, 6) is 0.428. The van der Waals surface area contributed by atoms with Crippen LogP contribution in [0.15, 0.2) is 95.5 Å². The minimum Gasteiger partial charge on any atom is -0.487 e. The molecule has 0 unspecified atom stereocenters. The van der Waals surface area contributed by atoms with Gasteiger partial charge >= 0.3 is 6.18 Å². The van der Waals surface area contributed by atoms with Gasteiger partial charge in [-0.3, -0.25) is 4.98 Å². The van der Waals surface area contributed by atoms with Crippen LogP contribution < -0.4 is 4.74 Å². The van der Waals surface area contributed by atoms with E-state index in [0.717, 1.165) is 27.7 Å². The molecule has 3 aromatic heterocycles. The van der Waals surface area contributed by atoms with E-state index >= 15 is 0 Å². The summed E-state index contributed by atoms with van der Waals surface area (Å²) in [7, 11) is 0. The topological polar surface area (TPSA) is 39.9 Å². The number of nitrogens with zero attached hydrogens (tertiary/aromatic N) is 3. The summed E-state index contributed by atoms with van der Waals surface area (Å²) in [5.41, 5.74) is 2.66. The lowest BCUT2D eigenvalue weighted by Gasteiger charge is -2.13. The number of thioether (sulfide) groups is 1. The molecular formula is C27H20F3N3OS2. The molecule has 0 amide bonds. The molecule has 2 aromatic carbocycles. The van der Waals surface area contributed by atoms with Crippen molar-refractivity contribution in [1.29, 1.82) is 0 Å². The van der Waals surface area contributed by atoms with Crippen LogP contribution in [0.1, 0.15) is 11.3 Å². The number of aromatic nitrogens is 3. The number of hydrogen-bond donors (Lipinski definition) is 0. The molecule has 0 aliphatic rings. The van der Waals surface area contributed by atoms with E-state index in [2.05, 4.69) is 16.1 Å². The molecule has 0 aliphatic heterocycles. The van der Waals surface area contributed by atoms with Gasteiger partial charge in [0.15, 0.2) is 5.69 Å². The average Bonchev–Trinajstić information content (AvgIpc) is 3.56. The Kier molecular flexibility index (Phi) is 6.84. The van der Waals surface area contributed by atoms with Crippen molar-refractivity contribution in [3.05, 3.63) is 102 Å². The summed E-state index contributed by atoms with van der Waals surface area (Å²) < 4.78 is 48.5. The first-order valence-corrected chi connectivity index (χ1v) is 13.0. The van der Waals surface area contributed by atoms with Gasteiger partial charge in [-0.05, 0) is 76.9 Å². The van der Waals surface area contributed by atoms with Gasteiger partial charge in [-0.2, -0.15) is 18.3 Å². The number of para-hydroxylation sites is 2. The number of thiophene rings is 1. The van der Waals surface area contributed by atoms with E-state index in [4.69, 9.17) is 4.74 Å². The Bertz CT molecular complexity index is 1480. The van der Waals surface area contributed by atoms with Crippen molar-refractivity contribution in [2.75, 3.05) is 6.26 Å². The summed E-state index contributed by atoms with van der Waals surface area (Å²) >= 11 is 3.02. The Morgan fingerprint density at radius 1 is 0.944 bits per heavy atom. The van der Waals surface area contributed by atoms with Gasteiger partial charge < -0.3 is 4.74 Å². The number of ether oxygens (including phenoxy) is 1. The van der Waals surface area contributed by atoms with Crippen molar-refractivity contribution < 1.29 is 17.9 Å². The lowest BCUT2D eigenvalue weighted by atomic mass is 10.1. The molecule has 0 radical (unpaired) electrons. The van der Waals surface area contributed by atoms with Crippen molar-refractivity contribution in [2.45, 2.75) is 17.7 Å². The van der Waals surface area contributed by atoms with E-state index in [0.29, 0.717) is 22.0 Å². The predicted octanol–water partition coefficient (Wildman–Crippen LogP) is 7.98. The summed E-state index contributed by atoms with van der Waals surface area (Å²) in [6, 6.07) is 21.7. The predicted molar refractivity (Wildman–Crippen MR) is 138 cm³/mol. The SMILES string of the molecule is CSc1cccc(-c2csc(-c3cc(C(F)(F)F)nn3-c3ccccc3OCc3ccncc3)c2)c1. The Labute approximate surface area is 214 Å². The molecule has 0 N–H and O–H groups in total. The molecule has 3 heterocycles. The van der Waals surface area contributed by atoms with E-state index in [1.165, 1.54) is 16.0 Å². The van der Waals surface area contributed by atoms with Gasteiger partial charge in [-0.15, -0.1) is 23.1 Å². The maximum absolute atomic E-state index is 13.7. The van der Waals surface area contributed by atoms with Crippen molar-refractivity contribution in [2.24, 2.45) is 0 Å². The van der Waals surface area contributed by atoms with Gasteiger partial charge in [0.2, 0.25) is 0 Å². The molecule has 0 spiro atoms. The molecule has 0 atom stereocenters. The monoisotopic (exact) mass is 523 g/mol. The summed E-state index contributed by atoms with van der Waals surface area (Å²) in [6.07, 6.45) is 0.743. The van der Waals surface area contributed by atoms with Crippen molar-refractivity contribution in [1.82, 2.24) is 14.8 Å². The first-order valence-electron chi connectivity index (χ1n) is 10.9. The highest BCUT2D eigenvalue weighted by Crippen LogP contribution is 2.39. The second-order valence-corrected chi connectivity index (χ2v) is 9.66. The molecule has 182 valence electrons. The fourth-order valence-corrected chi connectivity index (χ4v) is 5.08. The smallest absolute Gasteiger partial charge is 0.435 e. The first kappa shape index (κ1) is 24.1. The van der Waals surface area contributed by atoms with E-state index < -0.39 is 11.9 Å². The van der Waals surface area contributed by atoms with Crippen LogP contribution in [-0.2, 0) is 12.8 Å². The molecule has 0 aliphatic carbocycles. The average molecular weight is 524 g/mol. The number of hydrogen-bond acceptors (Lipinski definition) is 5. The number of alkyl halides is 3. The van der Waals surface area contributed by atoms with Gasteiger partial charge in [0, 0.05) is 17.3 Å². The molecule has 0 bridgehead atoms. The van der Waals surface area contributed by atoms with Crippen LogP contribution in [-0.4, -0.2) is 21.0 Å². The molecule has 5 rings (SSSR count). The zero-order valence-electron chi connectivity index (χ0n) is 19.1. The van der Waals surface area contributed by atoms with E-state index in [1.807, 2.05) is 48.0 Å². The lowest BCUT2D eigenvalue weighted by Crippen LogP contribution is -2.08. The summed E-state index contributed by atoms with van der Waals surface area (Å²) in [5, 5.41) is 5.91. The van der Waals surface area contributed by atoms with Gasteiger partial charge in [-0.25, -0.2) is 4.68 Å². The quantitative estimate of drug-likeness (QED) is 0.203. The molecule has 0 saturated heterocycles. The van der Waals surface area contributed by atoms with Crippen LogP contribution in [0.3, 0.4) is 0 Å². The number of halogens is 3. The fourth-order valence-electron chi connectivity index (χ4n) is 3.70. The maximum Gasteiger partial charge on any atom is 0.435 e. The van der Waals surface area contributed by atoms with Crippen molar-refractivity contribution >= 4 is 23.1 Å². The number of benzene rings is 2. The Balaban J connectivity index is 1.56. The highest BCUT2D eigenvalue weighted by atomic mass is 32.2. The molecular weight excluding hydrogens is 503 g/mol. The maximum atomic E-state index is 13.7. The molecule has 5 aromatic rings. The molecule has 0 fully saturated rings. The van der Waals surface area contributed by atoms with Gasteiger partial charge in [0.05, 0.1) is 10.6 Å². The van der Waals surface area contributed by atoms with E-state index in [1.54, 1.807) is 48.4 Å². The third kappa shape index (κ3) is 5.17. The summed E-state index contributed by atoms with van der Waals surface area (Å²) in [4.78, 5) is 5.78. The normalized spacial score (nSPS) is 11.6. The van der Waals surface area contributed by atoms with Crippen LogP contribution in [0.25, 0.3) is 27.4 Å². The fraction of sp³-hybridized carbons (Fsp3) is 0.111. The minimum atomic E-state index is -4.58. The van der Waals surface area contributed by atoms with Crippen LogP contribution >= 0.6 is 23.1 Å². The third-order valence-corrected chi connectivity index (χ3v) is 7.17. The summed E-state index contributed by atoms with van der Waals surface area (Å²) in [6.45, 7) is 0.247. The molecule has 9 heteroatoms. The lowest BCUT2D eigenvalue weighted by molar-refractivity contribution is -0.141. The number of rotatable bonds is 7. The highest BCUT2D eigenvalue weighted by Gasteiger charge is 2.35. The van der Waals surface area contributed by atoms with Crippen LogP contribution in [0.4, 0.5) is 13.2 Å². The largest absolute Gasteiger partial charge is 0.487 e. The standard InChI is InChI=1S/C27H20F3N3OS2/c1-35-21-6-4-5-19(13-21)20-14-25(36-17-20)23-15-26(27(28,29)30)32-33(23)22-7-2-3-8-24(22)34-16-18-9-11-31-12-10-18/h2-15,17H,16H2,1H3. The molecule has 0 saturated carbocycles. The molecule has 36 heavy (non-hydrogen) atoms. The van der Waals surface area contributed by atoms with Crippen LogP contribution in [0.5, 0.6) is 5.75 Å². The molecule has 4 nitrogen and oxygen atoms in total. The third-order valence-electron chi connectivity index (χ3n) is 5.49. The zero-order valence-corrected chi connectivity index (χ0v) is 20.7. The van der Waals surface area contributed by atoms with E-state index in [9.17, 15) is 13.2 Å². The first-order chi connectivity index (χ1) is 17.4.